The van der Waals surface area contributed by atoms with Crippen LogP contribution in [0.4, 0.5) is 5.69 Å². The van der Waals surface area contributed by atoms with Crippen LogP contribution in [0.15, 0.2) is 48.5 Å². The second-order valence-electron chi connectivity index (χ2n) is 9.27. The quantitative estimate of drug-likeness (QED) is 0.591. The number of carbonyl (C=O) groups is 1. The van der Waals surface area contributed by atoms with Crippen LogP contribution in [0.2, 0.25) is 0 Å². The first-order valence-electron chi connectivity index (χ1n) is 11.5. The first-order valence-corrected chi connectivity index (χ1v) is 13.3. The summed E-state index contributed by atoms with van der Waals surface area (Å²) in [6, 6.07) is 14.9. The van der Waals surface area contributed by atoms with Gasteiger partial charge in [-0.25, -0.2) is 8.42 Å². The summed E-state index contributed by atoms with van der Waals surface area (Å²) in [5.74, 6) is 0.430. The number of sulfonamides is 1. The maximum absolute atomic E-state index is 13.2. The number of amides is 1. The zero-order valence-corrected chi connectivity index (χ0v) is 21.1. The molecule has 0 radical (unpaired) electrons. The number of nitrogens with one attached hydrogen (secondary N) is 1. The highest BCUT2D eigenvalue weighted by Crippen LogP contribution is 2.29. The van der Waals surface area contributed by atoms with E-state index in [0.717, 1.165) is 12.8 Å². The van der Waals surface area contributed by atoms with Gasteiger partial charge in [0.05, 0.1) is 25.3 Å². The maximum atomic E-state index is 13.2. The highest BCUT2D eigenvalue weighted by Gasteiger charge is 2.31. The van der Waals surface area contributed by atoms with Crippen molar-refractivity contribution in [2.45, 2.75) is 39.0 Å². The molecule has 0 unspecified atom stereocenters. The van der Waals surface area contributed by atoms with E-state index < -0.39 is 10.0 Å². The Morgan fingerprint density at radius 3 is 2.59 bits per heavy atom. The average molecular weight is 490 g/mol. The van der Waals surface area contributed by atoms with Crippen molar-refractivity contribution < 1.29 is 23.1 Å². The smallest absolute Gasteiger partial charge is 0.229 e. The first kappa shape index (κ1) is 26.0. The molecule has 0 saturated carbocycles. The van der Waals surface area contributed by atoms with Gasteiger partial charge in [-0.1, -0.05) is 37.3 Å². The molecule has 0 fully saturated rings. The van der Waals surface area contributed by atoms with Gasteiger partial charge in [0.2, 0.25) is 15.9 Å². The van der Waals surface area contributed by atoms with Crippen LogP contribution in [0, 0.1) is 5.92 Å². The fraction of sp³-hybridized carbons (Fsp3) is 0.480. The predicted octanol–water partition coefficient (Wildman–Crippen LogP) is 2.34. The van der Waals surface area contributed by atoms with Gasteiger partial charge in [-0.15, -0.1) is 0 Å². The lowest BCUT2D eigenvalue weighted by atomic mass is 10.0. The van der Waals surface area contributed by atoms with E-state index in [9.17, 15) is 18.3 Å². The van der Waals surface area contributed by atoms with Gasteiger partial charge in [0.1, 0.15) is 11.9 Å². The molecule has 9 heteroatoms. The molecule has 1 heterocycles. The number of likely N-dealkylation sites (N-methyl/N-ethyl adjacent to an activating group) is 1. The minimum Gasteiger partial charge on any atom is -0.488 e. The number of hydrogen-bond donors (Lipinski definition) is 2. The van der Waals surface area contributed by atoms with Crippen molar-refractivity contribution in [1.29, 1.82) is 0 Å². The Balaban J connectivity index is 1.91. The van der Waals surface area contributed by atoms with Crippen LogP contribution in [-0.4, -0.2) is 74.4 Å². The van der Waals surface area contributed by atoms with E-state index in [4.69, 9.17) is 4.74 Å². The normalized spacial score (nSPS) is 20.1. The van der Waals surface area contributed by atoms with Crippen molar-refractivity contribution in [3.05, 3.63) is 59.7 Å². The van der Waals surface area contributed by atoms with Gasteiger partial charge in [-0.2, -0.15) is 0 Å². The number of nitrogens with zero attached hydrogens (tertiary/aromatic N) is 2. The van der Waals surface area contributed by atoms with Gasteiger partial charge in [-0.3, -0.25) is 14.4 Å². The molecule has 0 saturated heterocycles. The van der Waals surface area contributed by atoms with E-state index in [2.05, 4.69) is 28.7 Å². The van der Waals surface area contributed by atoms with E-state index in [1.165, 1.54) is 5.56 Å². The lowest BCUT2D eigenvalue weighted by molar-refractivity contribution is -0.134. The minimum atomic E-state index is -3.46. The Bertz CT molecular complexity index is 1080. The number of aliphatic hydroxyl groups is 1. The van der Waals surface area contributed by atoms with E-state index in [1.807, 2.05) is 32.2 Å². The maximum Gasteiger partial charge on any atom is 0.229 e. The summed E-state index contributed by atoms with van der Waals surface area (Å²) in [7, 11) is -1.42. The average Bonchev–Trinajstić information content (AvgIpc) is 2.81. The minimum absolute atomic E-state index is 0.00376. The van der Waals surface area contributed by atoms with Gasteiger partial charge < -0.3 is 14.7 Å². The monoisotopic (exact) mass is 489 g/mol. The lowest BCUT2D eigenvalue weighted by Gasteiger charge is -2.34. The number of carbonyl (C=O) groups excluding carboxylic acids is 1. The molecule has 186 valence electrons. The van der Waals surface area contributed by atoms with Crippen molar-refractivity contribution in [1.82, 2.24) is 9.80 Å². The molecular formula is C25H35N3O5S. The molecule has 2 N–H and O–H groups in total. The molecule has 0 bridgehead atoms. The summed E-state index contributed by atoms with van der Waals surface area (Å²) in [4.78, 5) is 17.1. The van der Waals surface area contributed by atoms with Crippen LogP contribution in [0.25, 0.3) is 0 Å². The third kappa shape index (κ3) is 7.19. The Kier molecular flexibility index (Phi) is 8.57. The van der Waals surface area contributed by atoms with Crippen LogP contribution < -0.4 is 9.46 Å². The number of aliphatic hydroxyl groups excluding tert-OH is 1. The van der Waals surface area contributed by atoms with E-state index in [0.29, 0.717) is 30.1 Å². The van der Waals surface area contributed by atoms with Crippen LogP contribution in [0.1, 0.15) is 25.0 Å². The topological polar surface area (TPSA) is 99.2 Å². The van der Waals surface area contributed by atoms with Crippen molar-refractivity contribution >= 4 is 21.6 Å². The highest BCUT2D eigenvalue weighted by atomic mass is 32.2. The van der Waals surface area contributed by atoms with Gasteiger partial charge in [-0.05, 0) is 37.7 Å². The van der Waals surface area contributed by atoms with Crippen LogP contribution >= 0.6 is 0 Å². The molecule has 0 spiro atoms. The fourth-order valence-electron chi connectivity index (χ4n) is 4.19. The number of fused-ring (bicyclic) bond motifs is 1. The summed E-state index contributed by atoms with van der Waals surface area (Å²) in [6.07, 6.45) is 0.917. The Hall–Kier alpha value is -2.62. The molecular weight excluding hydrogens is 454 g/mol. The predicted molar refractivity (Wildman–Crippen MR) is 133 cm³/mol. The number of hydrogen-bond acceptors (Lipinski definition) is 6. The Labute approximate surface area is 202 Å². The first-order chi connectivity index (χ1) is 16.1. The Morgan fingerprint density at radius 2 is 1.94 bits per heavy atom. The number of rotatable bonds is 8. The summed E-state index contributed by atoms with van der Waals surface area (Å²) < 4.78 is 32.4. The summed E-state index contributed by atoms with van der Waals surface area (Å²) in [6.45, 7) is 5.58. The molecule has 8 nitrogen and oxygen atoms in total. The van der Waals surface area contributed by atoms with Crippen LogP contribution in [0.3, 0.4) is 0 Å². The summed E-state index contributed by atoms with van der Waals surface area (Å²) in [5.41, 5.74) is 2.19. The second kappa shape index (κ2) is 11.2. The molecule has 0 aliphatic carbocycles. The van der Waals surface area contributed by atoms with Crippen molar-refractivity contribution in [3.8, 4) is 5.75 Å². The number of anilines is 1. The highest BCUT2D eigenvalue weighted by molar-refractivity contribution is 7.92. The SMILES string of the molecule is C[C@@H]1CN([C@@H](C)CO)C(=O)Cc2cc(NS(C)(=O)=O)ccc2O[C@H]1CN(C)Cc1ccccc1. The fourth-order valence-corrected chi connectivity index (χ4v) is 4.75. The van der Waals surface area contributed by atoms with Gasteiger partial charge in [0.15, 0.2) is 0 Å². The third-order valence-electron chi connectivity index (χ3n) is 6.01. The molecule has 3 rings (SSSR count). The number of ether oxygens (including phenoxy) is 1. The molecule has 1 aliphatic rings. The largest absolute Gasteiger partial charge is 0.488 e. The summed E-state index contributed by atoms with van der Waals surface area (Å²) in [5, 5.41) is 9.76. The molecule has 1 amide bonds. The standard InChI is InChI=1S/C25H35N3O5S/c1-18-14-28(19(2)17-29)25(30)13-21-12-22(26-34(4,31)32)10-11-23(21)33-24(18)16-27(3)15-20-8-6-5-7-9-20/h5-12,18-19,24,26,29H,13-17H2,1-4H3/t18-,19+,24+/m1/s1. The zero-order valence-electron chi connectivity index (χ0n) is 20.3. The molecule has 0 aromatic heterocycles. The second-order valence-corrected chi connectivity index (χ2v) is 11.0. The van der Waals surface area contributed by atoms with Crippen molar-refractivity contribution in [2.75, 3.05) is 37.7 Å². The molecule has 2 aromatic rings. The van der Waals surface area contributed by atoms with E-state index in [1.54, 1.807) is 23.1 Å². The van der Waals surface area contributed by atoms with E-state index >= 15 is 0 Å². The third-order valence-corrected chi connectivity index (χ3v) is 6.61. The van der Waals surface area contributed by atoms with Crippen molar-refractivity contribution in [3.63, 3.8) is 0 Å². The zero-order chi connectivity index (χ0) is 24.9. The lowest BCUT2D eigenvalue weighted by Crippen LogP contribution is -2.47. The molecule has 2 aromatic carbocycles. The van der Waals surface area contributed by atoms with Crippen molar-refractivity contribution in [2.24, 2.45) is 5.92 Å². The number of benzene rings is 2. The molecule has 1 aliphatic heterocycles. The Morgan fingerprint density at radius 1 is 1.24 bits per heavy atom. The van der Waals surface area contributed by atoms with Crippen LogP contribution in [0.5, 0.6) is 5.75 Å². The van der Waals surface area contributed by atoms with E-state index in [-0.39, 0.29) is 37.0 Å². The van der Waals surface area contributed by atoms with Gasteiger partial charge in [0.25, 0.3) is 0 Å². The summed E-state index contributed by atoms with van der Waals surface area (Å²) >= 11 is 0. The molecule has 3 atom stereocenters. The molecule has 34 heavy (non-hydrogen) atoms. The van der Waals surface area contributed by atoms with Crippen LogP contribution in [-0.2, 0) is 27.8 Å². The van der Waals surface area contributed by atoms with Gasteiger partial charge in [0, 0.05) is 36.8 Å². The van der Waals surface area contributed by atoms with Gasteiger partial charge >= 0.3 is 0 Å².